The summed E-state index contributed by atoms with van der Waals surface area (Å²) >= 11 is 0. The largest absolute Gasteiger partial charge is 0.507 e. The van der Waals surface area contributed by atoms with E-state index < -0.39 is 23.5 Å². The Balaban J connectivity index is 2.16. The summed E-state index contributed by atoms with van der Waals surface area (Å²) in [7, 11) is 1.49. The Labute approximate surface area is 138 Å². The van der Waals surface area contributed by atoms with Crippen LogP contribution in [0.2, 0.25) is 0 Å². The number of amides is 1. The van der Waals surface area contributed by atoms with Gasteiger partial charge in [-0.1, -0.05) is 42.0 Å². The van der Waals surface area contributed by atoms with Crippen molar-refractivity contribution >= 4 is 17.4 Å². The molecule has 5 heteroatoms. The quantitative estimate of drug-likeness (QED) is 0.524. The van der Waals surface area contributed by atoms with E-state index in [0.29, 0.717) is 11.1 Å². The van der Waals surface area contributed by atoms with Gasteiger partial charge < -0.3 is 10.0 Å². The van der Waals surface area contributed by atoms with Gasteiger partial charge >= 0.3 is 0 Å². The molecule has 4 nitrogen and oxygen atoms in total. The molecule has 1 heterocycles. The van der Waals surface area contributed by atoms with Gasteiger partial charge in [0.15, 0.2) is 0 Å². The molecule has 1 aliphatic rings. The van der Waals surface area contributed by atoms with Crippen LogP contribution in [0.3, 0.4) is 0 Å². The summed E-state index contributed by atoms with van der Waals surface area (Å²) in [4.78, 5) is 25.7. The third kappa shape index (κ3) is 2.58. The number of aliphatic hydroxyl groups excluding tert-OH is 1. The molecule has 0 radical (unpaired) electrons. The number of hydrogen-bond acceptors (Lipinski definition) is 3. The molecule has 0 bridgehead atoms. The predicted octanol–water partition coefficient (Wildman–Crippen LogP) is 3.19. The van der Waals surface area contributed by atoms with Gasteiger partial charge in [0, 0.05) is 12.6 Å². The van der Waals surface area contributed by atoms with Crippen LogP contribution in [0.4, 0.5) is 4.39 Å². The second kappa shape index (κ2) is 5.92. The Hall–Kier alpha value is -2.95. The molecule has 1 saturated heterocycles. The molecule has 1 unspecified atom stereocenters. The first-order valence-electron chi connectivity index (χ1n) is 7.47. The number of hydrogen-bond donors (Lipinski definition) is 1. The lowest BCUT2D eigenvalue weighted by atomic mass is 9.95. The van der Waals surface area contributed by atoms with Crippen molar-refractivity contribution in [1.82, 2.24) is 4.90 Å². The summed E-state index contributed by atoms with van der Waals surface area (Å²) in [6, 6.07) is 11.8. The van der Waals surface area contributed by atoms with E-state index in [-0.39, 0.29) is 11.3 Å². The van der Waals surface area contributed by atoms with E-state index in [0.717, 1.165) is 5.56 Å². The van der Waals surface area contributed by atoms with Gasteiger partial charge in [-0.2, -0.15) is 0 Å². The maximum atomic E-state index is 13.2. The number of Topliss-reactive ketones (excluding diaryl/α,β-unsaturated/α-hetero) is 1. The van der Waals surface area contributed by atoms with Gasteiger partial charge in [0.25, 0.3) is 11.7 Å². The van der Waals surface area contributed by atoms with E-state index in [9.17, 15) is 19.1 Å². The molecule has 1 atom stereocenters. The standard InChI is InChI=1S/C19H16FNO3/c1-11-3-5-13(6-4-11)17(22)15-16(21(2)19(24)18(15)23)12-7-9-14(20)10-8-12/h3-10,16,22H,1-2H3/b17-15+. The number of rotatable bonds is 2. The van der Waals surface area contributed by atoms with Crippen molar-refractivity contribution in [3.8, 4) is 0 Å². The molecular formula is C19H16FNO3. The number of halogens is 1. The van der Waals surface area contributed by atoms with Crippen LogP contribution in [0.25, 0.3) is 5.76 Å². The zero-order chi connectivity index (χ0) is 17.4. The van der Waals surface area contributed by atoms with Gasteiger partial charge in [-0.05, 0) is 24.6 Å². The molecule has 24 heavy (non-hydrogen) atoms. The fraction of sp³-hybridized carbons (Fsp3) is 0.158. The van der Waals surface area contributed by atoms with Crippen LogP contribution in [0, 0.1) is 12.7 Å². The van der Waals surface area contributed by atoms with Crippen molar-refractivity contribution in [2.45, 2.75) is 13.0 Å². The fourth-order valence-corrected chi connectivity index (χ4v) is 2.85. The third-order valence-electron chi connectivity index (χ3n) is 4.19. The topological polar surface area (TPSA) is 57.6 Å². The normalized spacial score (nSPS) is 19.8. The minimum Gasteiger partial charge on any atom is -0.507 e. The van der Waals surface area contributed by atoms with Crippen LogP contribution in [0.1, 0.15) is 22.7 Å². The second-order valence-corrected chi connectivity index (χ2v) is 5.83. The van der Waals surface area contributed by atoms with E-state index in [1.54, 1.807) is 12.1 Å². The summed E-state index contributed by atoms with van der Waals surface area (Å²) in [6.07, 6.45) is 0. The first-order valence-corrected chi connectivity index (χ1v) is 7.47. The molecule has 2 aromatic carbocycles. The number of carbonyl (C=O) groups is 2. The Bertz CT molecular complexity index is 838. The molecule has 1 aliphatic heterocycles. The SMILES string of the molecule is Cc1ccc(/C(O)=C2\C(=O)C(=O)N(C)C2c2ccc(F)cc2)cc1. The number of aliphatic hydroxyl groups is 1. The maximum absolute atomic E-state index is 13.2. The van der Waals surface area contributed by atoms with Gasteiger partial charge in [-0.25, -0.2) is 4.39 Å². The molecule has 2 aromatic rings. The zero-order valence-electron chi connectivity index (χ0n) is 13.3. The van der Waals surface area contributed by atoms with E-state index >= 15 is 0 Å². The Morgan fingerprint density at radius 3 is 2.21 bits per heavy atom. The van der Waals surface area contributed by atoms with E-state index in [1.165, 1.54) is 36.2 Å². The molecule has 1 fully saturated rings. The minimum atomic E-state index is -0.745. The van der Waals surface area contributed by atoms with Crippen molar-refractivity contribution in [3.63, 3.8) is 0 Å². The molecule has 0 saturated carbocycles. The molecule has 1 amide bonds. The van der Waals surface area contributed by atoms with Gasteiger partial charge in [-0.3, -0.25) is 9.59 Å². The number of nitrogens with zero attached hydrogens (tertiary/aromatic N) is 1. The first-order chi connectivity index (χ1) is 11.4. The van der Waals surface area contributed by atoms with Gasteiger partial charge in [-0.15, -0.1) is 0 Å². The summed E-state index contributed by atoms with van der Waals surface area (Å²) in [5.41, 5.74) is 2.04. The highest BCUT2D eigenvalue weighted by atomic mass is 19.1. The van der Waals surface area contributed by atoms with Crippen molar-refractivity contribution in [1.29, 1.82) is 0 Å². The van der Waals surface area contributed by atoms with E-state index in [1.807, 2.05) is 19.1 Å². The summed E-state index contributed by atoms with van der Waals surface area (Å²) in [5.74, 6) is -2.08. The fourth-order valence-electron chi connectivity index (χ4n) is 2.85. The second-order valence-electron chi connectivity index (χ2n) is 5.83. The monoisotopic (exact) mass is 325 g/mol. The summed E-state index contributed by atoms with van der Waals surface area (Å²) in [6.45, 7) is 1.91. The molecule has 0 aromatic heterocycles. The maximum Gasteiger partial charge on any atom is 0.295 e. The molecule has 0 spiro atoms. The van der Waals surface area contributed by atoms with Crippen molar-refractivity contribution in [2.75, 3.05) is 7.05 Å². The van der Waals surface area contributed by atoms with Crippen molar-refractivity contribution in [3.05, 3.63) is 76.6 Å². The highest BCUT2D eigenvalue weighted by molar-refractivity contribution is 6.46. The lowest BCUT2D eigenvalue weighted by molar-refractivity contribution is -0.139. The molecule has 122 valence electrons. The first kappa shape index (κ1) is 15.9. The van der Waals surface area contributed by atoms with Crippen LogP contribution in [0.5, 0.6) is 0 Å². The number of likely N-dealkylation sites (tertiary alicyclic amines) is 1. The minimum absolute atomic E-state index is 0.0120. The van der Waals surface area contributed by atoms with Crippen LogP contribution >= 0.6 is 0 Å². The number of aryl methyl sites for hydroxylation is 1. The lowest BCUT2D eigenvalue weighted by Crippen LogP contribution is -2.24. The molecule has 3 rings (SSSR count). The van der Waals surface area contributed by atoms with Crippen molar-refractivity contribution < 1.29 is 19.1 Å². The molecule has 1 N–H and O–H groups in total. The van der Waals surface area contributed by atoms with Crippen LogP contribution in [-0.2, 0) is 9.59 Å². The average Bonchev–Trinajstić information content (AvgIpc) is 2.80. The van der Waals surface area contributed by atoms with Crippen LogP contribution < -0.4 is 0 Å². The average molecular weight is 325 g/mol. The predicted molar refractivity (Wildman–Crippen MR) is 87.6 cm³/mol. The Morgan fingerprint density at radius 1 is 1.04 bits per heavy atom. The number of likely N-dealkylation sites (N-methyl/N-ethyl adjacent to an activating group) is 1. The van der Waals surface area contributed by atoms with Gasteiger partial charge in [0.2, 0.25) is 0 Å². The third-order valence-corrected chi connectivity index (χ3v) is 4.19. The highest BCUT2D eigenvalue weighted by Crippen LogP contribution is 2.38. The van der Waals surface area contributed by atoms with Crippen LogP contribution in [0.15, 0.2) is 54.1 Å². The number of ketones is 1. The molecular weight excluding hydrogens is 309 g/mol. The van der Waals surface area contributed by atoms with Crippen molar-refractivity contribution in [2.24, 2.45) is 0 Å². The van der Waals surface area contributed by atoms with E-state index in [2.05, 4.69) is 0 Å². The van der Waals surface area contributed by atoms with Gasteiger partial charge in [0.05, 0.1) is 11.6 Å². The van der Waals surface area contributed by atoms with E-state index in [4.69, 9.17) is 0 Å². The zero-order valence-corrected chi connectivity index (χ0v) is 13.3. The molecule has 0 aliphatic carbocycles. The highest BCUT2D eigenvalue weighted by Gasteiger charge is 2.44. The summed E-state index contributed by atoms with van der Waals surface area (Å²) < 4.78 is 13.2. The van der Waals surface area contributed by atoms with Gasteiger partial charge in [0.1, 0.15) is 11.6 Å². The number of carbonyl (C=O) groups excluding carboxylic acids is 2. The smallest absolute Gasteiger partial charge is 0.295 e. The Kier molecular flexibility index (Phi) is 3.93. The summed E-state index contributed by atoms with van der Waals surface area (Å²) in [5, 5.41) is 10.6. The Morgan fingerprint density at radius 2 is 1.62 bits per heavy atom. The lowest BCUT2D eigenvalue weighted by Gasteiger charge is -2.21. The van der Waals surface area contributed by atoms with Crippen LogP contribution in [-0.4, -0.2) is 28.7 Å². The number of benzene rings is 2.